The number of rotatable bonds is 5. The Morgan fingerprint density at radius 2 is 2.05 bits per heavy atom. The molecule has 0 saturated carbocycles. The van der Waals surface area contributed by atoms with Gasteiger partial charge in [0.1, 0.15) is 5.75 Å². The Labute approximate surface area is 119 Å². The second-order valence-electron chi connectivity index (χ2n) is 4.59. The number of ether oxygens (including phenoxy) is 1. The monoisotopic (exact) mass is 276 g/mol. The van der Waals surface area contributed by atoms with Gasteiger partial charge in [0.25, 0.3) is 0 Å². The second-order valence-corrected chi connectivity index (χ2v) is 4.59. The van der Waals surface area contributed by atoms with E-state index in [1.165, 1.54) is 11.0 Å². The molecule has 0 unspecified atom stereocenters. The zero-order valence-electron chi connectivity index (χ0n) is 12.3. The van der Waals surface area contributed by atoms with Crippen molar-refractivity contribution in [2.24, 2.45) is 0 Å². The zero-order chi connectivity index (χ0) is 15.3. The van der Waals surface area contributed by atoms with E-state index in [0.29, 0.717) is 5.69 Å². The topological polar surface area (TPSA) is 58.6 Å². The quantitative estimate of drug-likeness (QED) is 0.836. The minimum absolute atomic E-state index is 0.0272. The minimum Gasteiger partial charge on any atom is -0.496 e. The molecule has 5 nitrogen and oxygen atoms in total. The maximum Gasteiger partial charge on any atom is 0.246 e. The molecule has 0 saturated heterocycles. The van der Waals surface area contributed by atoms with Gasteiger partial charge in [0.2, 0.25) is 11.8 Å². The van der Waals surface area contributed by atoms with E-state index in [1.54, 1.807) is 14.2 Å². The molecular weight excluding hydrogens is 256 g/mol. The first-order valence-corrected chi connectivity index (χ1v) is 6.21. The van der Waals surface area contributed by atoms with Gasteiger partial charge in [0.15, 0.2) is 0 Å². The molecule has 0 bridgehead atoms. The predicted octanol–water partition coefficient (Wildman–Crippen LogP) is 1.89. The highest BCUT2D eigenvalue weighted by Crippen LogP contribution is 2.27. The second kappa shape index (κ2) is 6.75. The third-order valence-corrected chi connectivity index (χ3v) is 2.93. The van der Waals surface area contributed by atoms with E-state index in [-0.39, 0.29) is 18.4 Å². The number of methoxy groups -OCH3 is 1. The average molecular weight is 276 g/mol. The van der Waals surface area contributed by atoms with Crippen molar-refractivity contribution in [2.45, 2.75) is 13.8 Å². The average Bonchev–Trinajstić information content (AvgIpc) is 2.41. The Kier molecular flexibility index (Phi) is 5.32. The molecule has 108 valence electrons. The van der Waals surface area contributed by atoms with Crippen LogP contribution in [0.4, 0.5) is 5.69 Å². The maximum absolute atomic E-state index is 11.9. The molecule has 0 aliphatic rings. The molecule has 0 aliphatic carbocycles. The van der Waals surface area contributed by atoms with Crippen LogP contribution in [0.25, 0.3) is 0 Å². The van der Waals surface area contributed by atoms with Crippen molar-refractivity contribution >= 4 is 17.5 Å². The fourth-order valence-electron chi connectivity index (χ4n) is 1.81. The fraction of sp³-hybridized carbons (Fsp3) is 0.333. The minimum atomic E-state index is -0.293. The number of aryl methyl sites for hydroxylation is 1. The standard InChI is InChI=1S/C15H20N2O3/c1-6-15(19)17(4)9-14(18)16-12-7-10(2)8-13(20-5)11(12)3/h6-8H,1,9H2,2-5H3,(H,16,18). The van der Waals surface area contributed by atoms with Gasteiger partial charge in [-0.25, -0.2) is 0 Å². The van der Waals surface area contributed by atoms with Crippen LogP contribution in [0.15, 0.2) is 24.8 Å². The molecule has 2 amide bonds. The van der Waals surface area contributed by atoms with Crippen LogP contribution in [-0.2, 0) is 9.59 Å². The number of likely N-dealkylation sites (N-methyl/N-ethyl adjacent to an activating group) is 1. The summed E-state index contributed by atoms with van der Waals surface area (Å²) in [6.07, 6.45) is 1.17. The summed E-state index contributed by atoms with van der Waals surface area (Å²) in [5.41, 5.74) is 2.52. The van der Waals surface area contributed by atoms with Crippen LogP contribution >= 0.6 is 0 Å². The van der Waals surface area contributed by atoms with E-state index in [9.17, 15) is 9.59 Å². The van der Waals surface area contributed by atoms with Crippen LogP contribution in [0.2, 0.25) is 0 Å². The first kappa shape index (κ1) is 15.8. The largest absolute Gasteiger partial charge is 0.496 e. The van der Waals surface area contributed by atoms with Crippen LogP contribution in [0.5, 0.6) is 5.75 Å². The van der Waals surface area contributed by atoms with Crippen molar-refractivity contribution < 1.29 is 14.3 Å². The molecule has 0 spiro atoms. The summed E-state index contributed by atoms with van der Waals surface area (Å²) < 4.78 is 5.26. The van der Waals surface area contributed by atoms with E-state index < -0.39 is 0 Å². The molecule has 0 fully saturated rings. The molecule has 0 aliphatic heterocycles. The lowest BCUT2D eigenvalue weighted by Gasteiger charge is -2.17. The van der Waals surface area contributed by atoms with Gasteiger partial charge in [-0.05, 0) is 37.6 Å². The Hall–Kier alpha value is -2.30. The summed E-state index contributed by atoms with van der Waals surface area (Å²) in [6.45, 7) is 7.14. The highest BCUT2D eigenvalue weighted by molar-refractivity contribution is 5.97. The number of nitrogens with zero attached hydrogens (tertiary/aromatic N) is 1. The number of nitrogens with one attached hydrogen (secondary N) is 1. The number of benzene rings is 1. The highest BCUT2D eigenvalue weighted by atomic mass is 16.5. The SMILES string of the molecule is C=CC(=O)N(C)CC(=O)Nc1cc(C)cc(OC)c1C. The summed E-state index contributed by atoms with van der Waals surface area (Å²) in [6, 6.07) is 3.77. The Bertz CT molecular complexity index is 538. The van der Waals surface area contributed by atoms with Gasteiger partial charge >= 0.3 is 0 Å². The van der Waals surface area contributed by atoms with E-state index in [1.807, 2.05) is 26.0 Å². The van der Waals surface area contributed by atoms with Crippen molar-refractivity contribution in [3.8, 4) is 5.75 Å². The molecule has 1 aromatic carbocycles. The van der Waals surface area contributed by atoms with Crippen LogP contribution in [0, 0.1) is 13.8 Å². The molecule has 0 heterocycles. The van der Waals surface area contributed by atoms with Gasteiger partial charge in [-0.15, -0.1) is 0 Å². The van der Waals surface area contributed by atoms with Crippen LogP contribution < -0.4 is 10.1 Å². The van der Waals surface area contributed by atoms with Crippen molar-refractivity contribution in [1.82, 2.24) is 4.90 Å². The summed E-state index contributed by atoms with van der Waals surface area (Å²) >= 11 is 0. The van der Waals surface area contributed by atoms with Crippen molar-refractivity contribution in [3.05, 3.63) is 35.9 Å². The number of amides is 2. The van der Waals surface area contributed by atoms with E-state index in [2.05, 4.69) is 11.9 Å². The Morgan fingerprint density at radius 3 is 2.60 bits per heavy atom. The molecule has 1 aromatic rings. The van der Waals surface area contributed by atoms with Gasteiger partial charge in [0, 0.05) is 18.3 Å². The number of anilines is 1. The Balaban J connectivity index is 2.83. The third kappa shape index (κ3) is 3.85. The molecule has 20 heavy (non-hydrogen) atoms. The lowest BCUT2D eigenvalue weighted by atomic mass is 10.1. The van der Waals surface area contributed by atoms with Crippen molar-refractivity contribution in [1.29, 1.82) is 0 Å². The Morgan fingerprint density at radius 1 is 1.40 bits per heavy atom. The number of carbonyl (C=O) groups excluding carboxylic acids is 2. The van der Waals surface area contributed by atoms with Gasteiger partial charge in [-0.3, -0.25) is 9.59 Å². The fourth-order valence-corrected chi connectivity index (χ4v) is 1.81. The summed E-state index contributed by atoms with van der Waals surface area (Å²) in [5.74, 6) is 0.160. The number of hydrogen-bond donors (Lipinski definition) is 1. The summed E-state index contributed by atoms with van der Waals surface area (Å²) in [4.78, 5) is 24.6. The first-order chi connectivity index (χ1) is 9.38. The first-order valence-electron chi connectivity index (χ1n) is 6.21. The van der Waals surface area contributed by atoms with Gasteiger partial charge in [-0.2, -0.15) is 0 Å². The van der Waals surface area contributed by atoms with Gasteiger partial charge in [-0.1, -0.05) is 6.58 Å². The molecule has 5 heteroatoms. The lowest BCUT2D eigenvalue weighted by molar-refractivity contribution is -0.129. The molecule has 0 atom stereocenters. The van der Waals surface area contributed by atoms with Crippen LogP contribution in [-0.4, -0.2) is 37.4 Å². The summed E-state index contributed by atoms with van der Waals surface area (Å²) in [5, 5.41) is 2.79. The highest BCUT2D eigenvalue weighted by Gasteiger charge is 2.13. The molecule has 0 aromatic heterocycles. The van der Waals surface area contributed by atoms with Gasteiger partial charge in [0.05, 0.1) is 13.7 Å². The van der Waals surface area contributed by atoms with Gasteiger partial charge < -0.3 is 15.0 Å². The van der Waals surface area contributed by atoms with Crippen LogP contribution in [0.1, 0.15) is 11.1 Å². The number of hydrogen-bond acceptors (Lipinski definition) is 3. The van der Waals surface area contributed by atoms with E-state index in [0.717, 1.165) is 16.9 Å². The van der Waals surface area contributed by atoms with E-state index in [4.69, 9.17) is 4.74 Å². The third-order valence-electron chi connectivity index (χ3n) is 2.93. The smallest absolute Gasteiger partial charge is 0.246 e. The predicted molar refractivity (Wildman–Crippen MR) is 78.9 cm³/mol. The molecular formula is C15H20N2O3. The lowest BCUT2D eigenvalue weighted by Crippen LogP contribution is -2.33. The molecule has 1 rings (SSSR count). The van der Waals surface area contributed by atoms with Crippen molar-refractivity contribution in [3.63, 3.8) is 0 Å². The number of carbonyl (C=O) groups is 2. The molecule has 1 N–H and O–H groups in total. The summed E-state index contributed by atoms with van der Waals surface area (Å²) in [7, 11) is 3.14. The maximum atomic E-state index is 11.9. The zero-order valence-corrected chi connectivity index (χ0v) is 12.3. The van der Waals surface area contributed by atoms with Crippen molar-refractivity contribution in [2.75, 3.05) is 26.0 Å². The normalized spacial score (nSPS) is 9.80. The van der Waals surface area contributed by atoms with E-state index >= 15 is 0 Å². The van der Waals surface area contributed by atoms with Crippen LogP contribution in [0.3, 0.4) is 0 Å². The molecule has 0 radical (unpaired) electrons.